The Morgan fingerprint density at radius 1 is 0.806 bits per heavy atom. The predicted molar refractivity (Wildman–Crippen MR) is 116 cm³/mol. The van der Waals surface area contributed by atoms with Crippen LogP contribution in [0.15, 0.2) is 60.7 Å². The van der Waals surface area contributed by atoms with Gasteiger partial charge in [-0.3, -0.25) is 4.79 Å². The molecule has 1 heterocycles. The molecule has 11 heteroatoms. The van der Waals surface area contributed by atoms with Crippen molar-refractivity contribution < 1.29 is 45.3 Å². The van der Waals surface area contributed by atoms with Gasteiger partial charge in [-0.25, -0.2) is 0 Å². The first kappa shape index (κ1) is 25.2. The molecule has 1 aliphatic heterocycles. The fourth-order valence-electron chi connectivity index (χ4n) is 3.67. The summed E-state index contributed by atoms with van der Waals surface area (Å²) in [7, 11) is 1.47. The van der Waals surface area contributed by atoms with E-state index in [0.717, 1.165) is 4.90 Å². The van der Waals surface area contributed by atoms with Crippen LogP contribution in [0.2, 0.25) is 0 Å². The van der Waals surface area contributed by atoms with Crippen molar-refractivity contribution in [2.75, 3.05) is 13.9 Å². The monoisotopic (exact) mass is 511 g/mol. The minimum atomic E-state index is -5.07. The molecule has 0 saturated carbocycles. The molecule has 0 N–H and O–H groups in total. The average molecular weight is 511 g/mol. The summed E-state index contributed by atoms with van der Waals surface area (Å²) in [6.07, 6.45) is -10.1. The summed E-state index contributed by atoms with van der Waals surface area (Å²) < 4.78 is 95.9. The normalized spacial score (nSPS) is 13.0. The Hall–Kier alpha value is -3.89. The molecule has 3 aromatic carbocycles. The van der Waals surface area contributed by atoms with Crippen molar-refractivity contribution in [2.45, 2.75) is 25.4 Å². The number of fused-ring (bicyclic) bond motifs is 1. The van der Waals surface area contributed by atoms with Gasteiger partial charge in [0.25, 0.3) is 5.91 Å². The van der Waals surface area contributed by atoms with E-state index in [2.05, 4.69) is 0 Å². The first-order valence-electron chi connectivity index (χ1n) is 10.5. The van der Waals surface area contributed by atoms with Crippen molar-refractivity contribution in [1.82, 2.24) is 4.90 Å². The Bertz CT molecular complexity index is 1220. The molecule has 0 aliphatic carbocycles. The highest BCUT2D eigenvalue weighted by atomic mass is 19.4. The van der Waals surface area contributed by atoms with E-state index in [1.165, 1.54) is 7.11 Å². The van der Waals surface area contributed by atoms with Gasteiger partial charge in [-0.05, 0) is 53.6 Å². The number of hydrogen-bond acceptors (Lipinski definition) is 4. The number of rotatable bonds is 6. The van der Waals surface area contributed by atoms with E-state index in [4.69, 9.17) is 14.2 Å². The van der Waals surface area contributed by atoms with E-state index in [1.807, 2.05) is 0 Å². The largest absolute Gasteiger partial charge is 0.497 e. The van der Waals surface area contributed by atoms with Crippen molar-refractivity contribution in [3.8, 4) is 17.2 Å². The zero-order valence-corrected chi connectivity index (χ0v) is 18.7. The van der Waals surface area contributed by atoms with Crippen LogP contribution in [0.3, 0.4) is 0 Å². The molecular formula is C25H19F6NO4. The predicted octanol–water partition coefficient (Wildman–Crippen LogP) is 6.30. The summed E-state index contributed by atoms with van der Waals surface area (Å²) in [6, 6.07) is 12.2. The lowest BCUT2D eigenvalue weighted by molar-refractivity contribution is -0.143. The average Bonchev–Trinajstić information content (AvgIpc) is 3.30. The van der Waals surface area contributed by atoms with Crippen LogP contribution in [0.4, 0.5) is 26.3 Å². The van der Waals surface area contributed by atoms with Crippen LogP contribution in [0.1, 0.15) is 32.6 Å². The molecule has 0 unspecified atom stereocenters. The third kappa shape index (κ3) is 5.67. The SMILES string of the molecule is COc1ccc(CN(Cc2ccc3c(c2)OCO3)C(=O)c2cc(C(F)(F)F)cc(C(F)(F)F)c2)cc1. The molecule has 0 bridgehead atoms. The molecule has 0 saturated heterocycles. The van der Waals surface area contributed by atoms with Gasteiger partial charge in [-0.2, -0.15) is 26.3 Å². The summed E-state index contributed by atoms with van der Waals surface area (Å²) in [5.74, 6) is 0.447. The third-order valence-electron chi connectivity index (χ3n) is 5.46. The molecule has 190 valence electrons. The lowest BCUT2D eigenvalue weighted by Gasteiger charge is -2.24. The second kappa shape index (κ2) is 9.63. The molecule has 5 nitrogen and oxygen atoms in total. The number of carbonyl (C=O) groups is 1. The number of alkyl halides is 6. The molecule has 3 aromatic rings. The second-order valence-electron chi connectivity index (χ2n) is 7.99. The molecule has 36 heavy (non-hydrogen) atoms. The first-order valence-corrected chi connectivity index (χ1v) is 10.5. The molecule has 1 amide bonds. The van der Waals surface area contributed by atoms with E-state index in [9.17, 15) is 31.1 Å². The van der Waals surface area contributed by atoms with Gasteiger partial charge >= 0.3 is 12.4 Å². The fraction of sp³-hybridized carbons (Fsp3) is 0.240. The van der Waals surface area contributed by atoms with Gasteiger partial charge in [-0.15, -0.1) is 0 Å². The van der Waals surface area contributed by atoms with Crippen LogP contribution in [-0.2, 0) is 25.4 Å². The molecule has 0 spiro atoms. The van der Waals surface area contributed by atoms with Gasteiger partial charge in [0.15, 0.2) is 11.5 Å². The van der Waals surface area contributed by atoms with Crippen molar-refractivity contribution in [3.63, 3.8) is 0 Å². The van der Waals surface area contributed by atoms with E-state index in [1.54, 1.807) is 42.5 Å². The Balaban J connectivity index is 1.72. The van der Waals surface area contributed by atoms with E-state index >= 15 is 0 Å². The number of methoxy groups -OCH3 is 1. The maximum atomic E-state index is 13.4. The number of amides is 1. The Morgan fingerprint density at radius 3 is 1.94 bits per heavy atom. The number of halogens is 6. The maximum Gasteiger partial charge on any atom is 0.416 e. The van der Waals surface area contributed by atoms with Gasteiger partial charge < -0.3 is 19.1 Å². The van der Waals surface area contributed by atoms with Gasteiger partial charge in [0.2, 0.25) is 6.79 Å². The number of nitrogens with zero attached hydrogens (tertiary/aromatic N) is 1. The lowest BCUT2D eigenvalue weighted by Crippen LogP contribution is -2.30. The highest BCUT2D eigenvalue weighted by molar-refractivity contribution is 5.94. The van der Waals surface area contributed by atoms with Crippen LogP contribution in [0.25, 0.3) is 0 Å². The van der Waals surface area contributed by atoms with Gasteiger partial charge in [0, 0.05) is 18.7 Å². The molecule has 0 aromatic heterocycles. The summed E-state index contributed by atoms with van der Waals surface area (Å²) in [5.41, 5.74) is -2.72. The Kier molecular flexibility index (Phi) is 6.75. The van der Waals surface area contributed by atoms with Gasteiger partial charge in [0.1, 0.15) is 5.75 Å². The molecule has 4 rings (SSSR count). The molecule has 0 atom stereocenters. The highest BCUT2D eigenvalue weighted by Crippen LogP contribution is 2.37. The molecule has 1 aliphatic rings. The van der Waals surface area contributed by atoms with Crippen molar-refractivity contribution in [3.05, 3.63) is 88.5 Å². The van der Waals surface area contributed by atoms with E-state index < -0.39 is 35.0 Å². The smallest absolute Gasteiger partial charge is 0.416 e. The number of ether oxygens (including phenoxy) is 3. The van der Waals surface area contributed by atoms with Crippen LogP contribution in [0, 0.1) is 0 Å². The summed E-state index contributed by atoms with van der Waals surface area (Å²) >= 11 is 0. The van der Waals surface area contributed by atoms with E-state index in [-0.39, 0.29) is 25.9 Å². The van der Waals surface area contributed by atoms with Crippen molar-refractivity contribution >= 4 is 5.91 Å². The number of hydrogen-bond donors (Lipinski definition) is 0. The zero-order chi connectivity index (χ0) is 26.1. The number of carbonyl (C=O) groups excluding carboxylic acids is 1. The zero-order valence-electron chi connectivity index (χ0n) is 18.7. The maximum absolute atomic E-state index is 13.4. The summed E-state index contributed by atoms with van der Waals surface area (Å²) in [6.45, 7) is -0.189. The Labute approximate surface area is 201 Å². The van der Waals surface area contributed by atoms with Crippen molar-refractivity contribution in [1.29, 1.82) is 0 Å². The minimum absolute atomic E-state index is 0.0115. The highest BCUT2D eigenvalue weighted by Gasteiger charge is 2.38. The second-order valence-corrected chi connectivity index (χ2v) is 7.99. The minimum Gasteiger partial charge on any atom is -0.497 e. The molecule has 0 radical (unpaired) electrons. The molecular weight excluding hydrogens is 492 g/mol. The van der Waals surface area contributed by atoms with E-state index in [0.29, 0.717) is 40.5 Å². The van der Waals surface area contributed by atoms with Crippen LogP contribution in [0.5, 0.6) is 17.2 Å². The van der Waals surface area contributed by atoms with Crippen LogP contribution < -0.4 is 14.2 Å². The van der Waals surface area contributed by atoms with Gasteiger partial charge in [-0.1, -0.05) is 18.2 Å². The quantitative estimate of drug-likeness (QED) is 0.365. The summed E-state index contributed by atoms with van der Waals surface area (Å²) in [5, 5.41) is 0. The topological polar surface area (TPSA) is 48.0 Å². The van der Waals surface area contributed by atoms with Crippen LogP contribution in [-0.4, -0.2) is 24.7 Å². The lowest BCUT2D eigenvalue weighted by atomic mass is 10.0. The fourth-order valence-corrected chi connectivity index (χ4v) is 3.67. The molecule has 0 fully saturated rings. The van der Waals surface area contributed by atoms with Crippen molar-refractivity contribution in [2.24, 2.45) is 0 Å². The van der Waals surface area contributed by atoms with Gasteiger partial charge in [0.05, 0.1) is 18.2 Å². The first-order chi connectivity index (χ1) is 16.9. The Morgan fingerprint density at radius 2 is 1.36 bits per heavy atom. The standard InChI is InChI=1S/C25H19F6NO4/c1-34-20-5-2-15(3-6-20)12-32(13-16-4-7-21-22(8-16)36-14-35-21)23(33)17-9-18(24(26,27)28)11-19(10-17)25(29,30)31/h2-11H,12-14H2,1H3. The van der Waals surface area contributed by atoms with Crippen LogP contribution >= 0.6 is 0 Å². The summed E-state index contributed by atoms with van der Waals surface area (Å²) in [4.78, 5) is 14.5. The third-order valence-corrected chi connectivity index (χ3v) is 5.46. The number of benzene rings is 3.